The summed E-state index contributed by atoms with van der Waals surface area (Å²) in [6.45, 7) is 7.06. The van der Waals surface area contributed by atoms with Crippen molar-refractivity contribution in [2.45, 2.75) is 70.1 Å². The Bertz CT molecular complexity index is 3030. The van der Waals surface area contributed by atoms with Gasteiger partial charge < -0.3 is 24.6 Å². The van der Waals surface area contributed by atoms with Gasteiger partial charge in [-0.1, -0.05) is 12.1 Å². The molecule has 3 N–H and O–H groups in total. The number of halogens is 3. The summed E-state index contributed by atoms with van der Waals surface area (Å²) < 4.78 is 73.3. The fraction of sp³-hybridized carbons (Fsp3) is 0.431. The molecule has 6 aliphatic rings. The van der Waals surface area contributed by atoms with Crippen molar-refractivity contribution in [3.05, 3.63) is 107 Å². The molecule has 3 amide bonds. The number of anilines is 3. The molecule has 5 saturated heterocycles. The van der Waals surface area contributed by atoms with Crippen LogP contribution in [0.25, 0.3) is 22.2 Å². The van der Waals surface area contributed by atoms with Gasteiger partial charge in [0.25, 0.3) is 5.91 Å². The van der Waals surface area contributed by atoms with E-state index in [-0.39, 0.29) is 43.3 Å². The maximum Gasteiger partial charge on any atom is 0.301 e. The summed E-state index contributed by atoms with van der Waals surface area (Å²) in [6, 6.07) is 17.0. The summed E-state index contributed by atoms with van der Waals surface area (Å²) in [5, 5.41) is 2.72. The Morgan fingerprint density at radius 3 is 2.33 bits per heavy atom. The van der Waals surface area contributed by atoms with E-state index in [2.05, 4.69) is 52.9 Å². The van der Waals surface area contributed by atoms with Crippen LogP contribution in [-0.4, -0.2) is 127 Å². The summed E-state index contributed by atoms with van der Waals surface area (Å²) in [4.78, 5) is 67.7. The molecular weight excluding hydrogens is 924 g/mol. The highest BCUT2D eigenvalue weighted by Gasteiger charge is 2.43. The number of rotatable bonds is 11. The molecular formula is C51H54F3N9O6S. The summed E-state index contributed by atoms with van der Waals surface area (Å²) >= 11 is 0. The van der Waals surface area contributed by atoms with Crippen molar-refractivity contribution in [3.8, 4) is 11.1 Å². The molecule has 19 heteroatoms. The lowest BCUT2D eigenvalue weighted by atomic mass is 9.77. The number of aromatic amines is 1. The van der Waals surface area contributed by atoms with Crippen molar-refractivity contribution in [2.75, 3.05) is 73.4 Å². The molecule has 8 heterocycles. The number of aromatic nitrogens is 2. The van der Waals surface area contributed by atoms with Crippen LogP contribution in [0, 0.1) is 23.0 Å². The van der Waals surface area contributed by atoms with E-state index >= 15 is 8.78 Å². The predicted octanol–water partition coefficient (Wildman–Crippen LogP) is 6.41. The van der Waals surface area contributed by atoms with Crippen LogP contribution in [0.4, 0.5) is 30.2 Å². The lowest BCUT2D eigenvalue weighted by molar-refractivity contribution is -0.136. The van der Waals surface area contributed by atoms with Gasteiger partial charge in [-0.25, -0.2) is 18.2 Å². The number of benzene rings is 3. The van der Waals surface area contributed by atoms with Crippen LogP contribution in [0.1, 0.15) is 83.2 Å². The van der Waals surface area contributed by atoms with E-state index in [9.17, 15) is 32.0 Å². The number of fused-ring (bicyclic) bond motifs is 2. The monoisotopic (exact) mass is 977 g/mol. The number of nitrogens with zero attached hydrogens (tertiary/aromatic N) is 6. The third kappa shape index (κ3) is 8.69. The van der Waals surface area contributed by atoms with Crippen LogP contribution in [0.2, 0.25) is 0 Å². The third-order valence-corrected chi connectivity index (χ3v) is 17.2. The number of hydrogen-bond donors (Lipinski definition) is 3. The van der Waals surface area contributed by atoms with E-state index in [4.69, 9.17) is 0 Å². The average Bonchev–Trinajstić information content (AvgIpc) is 4.16. The fourth-order valence-corrected chi connectivity index (χ4v) is 12.9. The van der Waals surface area contributed by atoms with Crippen molar-refractivity contribution in [3.63, 3.8) is 0 Å². The van der Waals surface area contributed by atoms with Gasteiger partial charge in [-0.15, -0.1) is 0 Å². The molecule has 11 rings (SSSR count). The third-order valence-electron chi connectivity index (χ3n) is 15.7. The first-order chi connectivity index (χ1) is 33.7. The zero-order valence-electron chi connectivity index (χ0n) is 38.6. The first-order valence-corrected chi connectivity index (χ1v) is 25.7. The highest BCUT2D eigenvalue weighted by Crippen LogP contribution is 2.43. The normalized spacial score (nSPS) is 22.4. The summed E-state index contributed by atoms with van der Waals surface area (Å²) in [5.41, 5.74) is 4.40. The summed E-state index contributed by atoms with van der Waals surface area (Å²) in [6.07, 6.45) is 7.88. The Labute approximate surface area is 403 Å². The van der Waals surface area contributed by atoms with Crippen molar-refractivity contribution >= 4 is 61.8 Å². The molecule has 366 valence electrons. The molecule has 5 aromatic rings. The number of ketones is 1. The van der Waals surface area contributed by atoms with Gasteiger partial charge in [-0.2, -0.15) is 12.7 Å². The van der Waals surface area contributed by atoms with Crippen molar-refractivity contribution in [1.82, 2.24) is 29.4 Å². The largest absolute Gasteiger partial charge is 0.372 e. The van der Waals surface area contributed by atoms with E-state index in [0.29, 0.717) is 46.5 Å². The molecule has 5 fully saturated rings. The van der Waals surface area contributed by atoms with E-state index in [1.807, 2.05) is 24.3 Å². The molecule has 2 aromatic heterocycles. The zero-order valence-corrected chi connectivity index (χ0v) is 39.4. The number of nitrogens with one attached hydrogen (secondary N) is 3. The average molecular weight is 978 g/mol. The van der Waals surface area contributed by atoms with Gasteiger partial charge in [-0.05, 0) is 122 Å². The van der Waals surface area contributed by atoms with E-state index in [0.717, 1.165) is 110 Å². The molecule has 2 atom stereocenters. The minimum atomic E-state index is -4.35. The van der Waals surface area contributed by atoms with Crippen LogP contribution < -0.4 is 19.8 Å². The number of imide groups is 1. The van der Waals surface area contributed by atoms with Crippen LogP contribution in [-0.2, 0) is 26.3 Å². The summed E-state index contributed by atoms with van der Waals surface area (Å²) in [5.74, 6) is -3.75. The number of pyridine rings is 1. The second-order valence-electron chi connectivity index (χ2n) is 20.0. The van der Waals surface area contributed by atoms with Crippen molar-refractivity contribution in [2.24, 2.45) is 11.3 Å². The van der Waals surface area contributed by atoms with Gasteiger partial charge in [-0.3, -0.25) is 29.2 Å². The highest BCUT2D eigenvalue weighted by atomic mass is 32.2. The fourth-order valence-electron chi connectivity index (χ4n) is 11.6. The topological polar surface area (TPSA) is 171 Å². The Kier molecular flexibility index (Phi) is 11.9. The Balaban J connectivity index is 0.672. The van der Waals surface area contributed by atoms with Gasteiger partial charge in [0.2, 0.25) is 17.6 Å². The van der Waals surface area contributed by atoms with Gasteiger partial charge in [0.05, 0.1) is 11.3 Å². The Hall–Kier alpha value is -6.31. The number of alkyl halides is 1. The van der Waals surface area contributed by atoms with Crippen molar-refractivity contribution in [1.29, 1.82) is 0 Å². The van der Waals surface area contributed by atoms with Gasteiger partial charge in [0, 0.05) is 111 Å². The molecule has 0 radical (unpaired) electrons. The smallest absolute Gasteiger partial charge is 0.301 e. The van der Waals surface area contributed by atoms with Crippen LogP contribution in [0.5, 0.6) is 0 Å². The first kappa shape index (κ1) is 46.1. The second-order valence-corrected chi connectivity index (χ2v) is 21.6. The molecule has 70 heavy (non-hydrogen) atoms. The van der Waals surface area contributed by atoms with E-state index in [1.54, 1.807) is 17.2 Å². The lowest BCUT2D eigenvalue weighted by Gasteiger charge is -2.41. The number of carbonyl (C=O) groups is 4. The van der Waals surface area contributed by atoms with Crippen LogP contribution in [0.15, 0.2) is 73.1 Å². The SMILES string of the molecule is O=C1CCC(N2Cc3cc(N4CCC5(CCN(CC6CCN(c7ccc(-c8cnc9[nH]cc(C(=O)c%10c(F)ccc(NS(=O)(=O)N%11CC[C@@H](F)C%11)c%10F)c9c8)cc7)CC6)C5)CC4)ccc3C2=O)C(=O)N1. The standard InChI is InChI=1S/C51H54F3N9O6S/c52-35-13-19-62(29-35)70(68,69)58-42-8-7-41(53)45(46(42)54)47(65)40-26-56-48-39(40)24-33(25-55-48)32-1-3-36(4-2-32)60-17-11-31(12-18-60)27-59-20-14-51(30-59)15-21-61(22-16-51)37-5-6-38-34(23-37)28-63(50(38)67)43-9-10-44(64)57-49(43)66/h1-8,23-26,31,35,43,58H,9-22,27-30H2,(H,55,56)(H,57,64,66)/t35-,43?/m1/s1. The number of carbonyl (C=O) groups excluding carboxylic acids is 4. The number of H-pyrrole nitrogens is 1. The quantitative estimate of drug-likeness (QED) is 0.0993. The zero-order chi connectivity index (χ0) is 48.5. The van der Waals surface area contributed by atoms with Crippen LogP contribution >= 0.6 is 0 Å². The molecule has 3 aromatic carbocycles. The maximum atomic E-state index is 15.8. The van der Waals surface area contributed by atoms with Gasteiger partial charge >= 0.3 is 10.2 Å². The number of amides is 3. The molecule has 1 spiro atoms. The number of likely N-dealkylation sites (tertiary alicyclic amines) is 1. The molecule has 1 unspecified atom stereocenters. The molecule has 15 nitrogen and oxygen atoms in total. The Morgan fingerprint density at radius 1 is 0.843 bits per heavy atom. The van der Waals surface area contributed by atoms with Crippen molar-refractivity contribution < 1.29 is 40.8 Å². The summed E-state index contributed by atoms with van der Waals surface area (Å²) in [7, 11) is -4.35. The minimum absolute atomic E-state index is 0.00625. The first-order valence-electron chi connectivity index (χ1n) is 24.2. The Morgan fingerprint density at radius 2 is 1.59 bits per heavy atom. The molecule has 0 bridgehead atoms. The molecule has 6 aliphatic heterocycles. The predicted molar refractivity (Wildman–Crippen MR) is 257 cm³/mol. The van der Waals surface area contributed by atoms with Gasteiger partial charge in [0.15, 0.2) is 5.82 Å². The van der Waals surface area contributed by atoms with Crippen LogP contribution in [0.3, 0.4) is 0 Å². The second kappa shape index (κ2) is 18.1. The molecule has 0 saturated carbocycles. The van der Waals surface area contributed by atoms with E-state index < -0.39 is 57.0 Å². The molecule has 0 aliphatic carbocycles. The maximum absolute atomic E-state index is 15.8. The highest BCUT2D eigenvalue weighted by molar-refractivity contribution is 7.90. The van der Waals surface area contributed by atoms with Gasteiger partial charge in [0.1, 0.15) is 23.7 Å². The lowest BCUT2D eigenvalue weighted by Crippen LogP contribution is -2.52. The van der Waals surface area contributed by atoms with E-state index in [1.165, 1.54) is 12.6 Å². The number of hydrogen-bond acceptors (Lipinski definition) is 10. The number of piperidine rings is 3. The minimum Gasteiger partial charge on any atom is -0.372 e.